The zero-order valence-corrected chi connectivity index (χ0v) is 12.9. The Morgan fingerprint density at radius 2 is 1.79 bits per heavy atom. The molecule has 1 aliphatic heterocycles. The maximum Gasteiger partial charge on any atom is 0.189 e. The molecule has 0 aliphatic carbocycles. The van der Waals surface area contributed by atoms with Gasteiger partial charge in [-0.25, -0.2) is 8.78 Å². The molecule has 3 nitrogen and oxygen atoms in total. The normalized spacial score (nSPS) is 17.8. The highest BCUT2D eigenvalue weighted by Crippen LogP contribution is 2.34. The van der Waals surface area contributed by atoms with Crippen LogP contribution in [0, 0.1) is 11.6 Å². The predicted octanol–water partition coefficient (Wildman–Crippen LogP) is 3.75. The molecule has 0 amide bonds. The highest BCUT2D eigenvalue weighted by Gasteiger charge is 2.29. The summed E-state index contributed by atoms with van der Waals surface area (Å²) in [5, 5.41) is 0.359. The SMILES string of the molecule is O=c1cc(CN2CCC2c2ccc(F)cc2)[nH]c2ccc(F)cc12. The average Bonchev–Trinajstić information content (AvgIpc) is 2.54. The Bertz CT molecular complexity index is 950. The summed E-state index contributed by atoms with van der Waals surface area (Å²) in [6.07, 6.45) is 1.01. The van der Waals surface area contributed by atoms with Crippen LogP contribution in [-0.4, -0.2) is 16.4 Å². The Kier molecular flexibility index (Phi) is 3.65. The van der Waals surface area contributed by atoms with E-state index >= 15 is 0 Å². The van der Waals surface area contributed by atoms with Crippen molar-refractivity contribution in [3.8, 4) is 0 Å². The summed E-state index contributed by atoms with van der Waals surface area (Å²) in [6, 6.07) is 12.5. The first-order valence-electron chi connectivity index (χ1n) is 7.91. The van der Waals surface area contributed by atoms with Crippen LogP contribution in [0.4, 0.5) is 8.78 Å². The van der Waals surface area contributed by atoms with Gasteiger partial charge in [0, 0.05) is 41.8 Å². The second-order valence-corrected chi connectivity index (χ2v) is 6.18. The molecule has 1 atom stereocenters. The molecule has 3 aromatic rings. The van der Waals surface area contributed by atoms with Gasteiger partial charge in [0.2, 0.25) is 0 Å². The van der Waals surface area contributed by atoms with Crippen LogP contribution in [0.25, 0.3) is 10.9 Å². The number of H-pyrrole nitrogens is 1. The smallest absolute Gasteiger partial charge is 0.189 e. The highest BCUT2D eigenvalue weighted by molar-refractivity contribution is 5.78. The summed E-state index contributed by atoms with van der Waals surface area (Å²) in [4.78, 5) is 17.6. The van der Waals surface area contributed by atoms with Crippen molar-refractivity contribution < 1.29 is 8.78 Å². The van der Waals surface area contributed by atoms with Gasteiger partial charge in [-0.05, 0) is 42.3 Å². The van der Waals surface area contributed by atoms with Crippen LogP contribution in [0.5, 0.6) is 0 Å². The summed E-state index contributed by atoms with van der Waals surface area (Å²) >= 11 is 0. The molecule has 24 heavy (non-hydrogen) atoms. The van der Waals surface area contributed by atoms with Gasteiger partial charge in [-0.1, -0.05) is 12.1 Å². The summed E-state index contributed by atoms with van der Waals surface area (Å²) in [5.74, 6) is -0.657. The molecule has 2 aromatic carbocycles. The van der Waals surface area contributed by atoms with E-state index in [9.17, 15) is 13.6 Å². The van der Waals surface area contributed by atoms with Crippen LogP contribution in [0.1, 0.15) is 23.7 Å². The van der Waals surface area contributed by atoms with Gasteiger partial charge in [-0.3, -0.25) is 9.69 Å². The molecule has 2 heterocycles. The lowest BCUT2D eigenvalue weighted by Crippen LogP contribution is -2.40. The zero-order chi connectivity index (χ0) is 16.7. The van der Waals surface area contributed by atoms with Gasteiger partial charge >= 0.3 is 0 Å². The lowest BCUT2D eigenvalue weighted by atomic mass is 9.94. The van der Waals surface area contributed by atoms with Crippen molar-refractivity contribution in [2.45, 2.75) is 19.0 Å². The van der Waals surface area contributed by atoms with Gasteiger partial charge in [0.25, 0.3) is 0 Å². The quantitative estimate of drug-likeness (QED) is 0.796. The van der Waals surface area contributed by atoms with E-state index in [-0.39, 0.29) is 17.3 Å². The van der Waals surface area contributed by atoms with Crippen molar-refractivity contribution >= 4 is 10.9 Å². The van der Waals surface area contributed by atoms with E-state index in [2.05, 4.69) is 9.88 Å². The molecule has 122 valence electrons. The number of hydrogen-bond acceptors (Lipinski definition) is 2. The van der Waals surface area contributed by atoms with E-state index in [0.29, 0.717) is 17.4 Å². The van der Waals surface area contributed by atoms with Gasteiger partial charge in [0.15, 0.2) is 5.43 Å². The predicted molar refractivity (Wildman–Crippen MR) is 88.7 cm³/mol. The van der Waals surface area contributed by atoms with Gasteiger partial charge in [0.1, 0.15) is 11.6 Å². The third kappa shape index (κ3) is 2.71. The van der Waals surface area contributed by atoms with Gasteiger partial charge in [-0.15, -0.1) is 0 Å². The van der Waals surface area contributed by atoms with E-state index in [1.54, 1.807) is 18.2 Å². The molecular formula is C19H16F2N2O. The summed E-state index contributed by atoms with van der Waals surface area (Å²) < 4.78 is 26.3. The topological polar surface area (TPSA) is 36.1 Å². The maximum absolute atomic E-state index is 13.3. The van der Waals surface area contributed by atoms with E-state index in [0.717, 1.165) is 24.2 Å². The molecule has 1 fully saturated rings. The van der Waals surface area contributed by atoms with Crippen LogP contribution in [-0.2, 0) is 6.54 Å². The lowest BCUT2D eigenvalue weighted by molar-refractivity contribution is 0.0804. The minimum atomic E-state index is -0.417. The molecule has 0 spiro atoms. The fraction of sp³-hybridized carbons (Fsp3) is 0.211. The van der Waals surface area contributed by atoms with Crippen molar-refractivity contribution in [1.29, 1.82) is 0 Å². The van der Waals surface area contributed by atoms with Crippen LogP contribution < -0.4 is 5.43 Å². The monoisotopic (exact) mass is 326 g/mol. The van der Waals surface area contributed by atoms with E-state index in [1.165, 1.54) is 30.3 Å². The molecule has 1 unspecified atom stereocenters. The summed E-state index contributed by atoms with van der Waals surface area (Å²) in [6.45, 7) is 1.52. The maximum atomic E-state index is 13.3. The number of halogens is 2. The first-order chi connectivity index (χ1) is 11.6. The Morgan fingerprint density at radius 1 is 1.04 bits per heavy atom. The van der Waals surface area contributed by atoms with Crippen molar-refractivity contribution in [3.05, 3.63) is 81.6 Å². The molecule has 1 saturated heterocycles. The van der Waals surface area contributed by atoms with Gasteiger partial charge in [-0.2, -0.15) is 0 Å². The average molecular weight is 326 g/mol. The number of likely N-dealkylation sites (tertiary alicyclic amines) is 1. The molecule has 5 heteroatoms. The number of nitrogens with zero attached hydrogens (tertiary/aromatic N) is 1. The Labute approximate surface area is 137 Å². The molecule has 1 N–H and O–H groups in total. The summed E-state index contributed by atoms with van der Waals surface area (Å²) in [7, 11) is 0. The van der Waals surface area contributed by atoms with Gasteiger partial charge in [0.05, 0.1) is 0 Å². The molecule has 0 bridgehead atoms. The number of aromatic amines is 1. The fourth-order valence-corrected chi connectivity index (χ4v) is 3.27. The number of rotatable bonds is 3. The zero-order valence-electron chi connectivity index (χ0n) is 12.9. The Morgan fingerprint density at radius 3 is 2.50 bits per heavy atom. The van der Waals surface area contributed by atoms with E-state index in [1.807, 2.05) is 0 Å². The lowest BCUT2D eigenvalue weighted by Gasteiger charge is -2.41. The molecule has 4 rings (SSSR count). The highest BCUT2D eigenvalue weighted by atomic mass is 19.1. The van der Waals surface area contributed by atoms with Crippen LogP contribution >= 0.6 is 0 Å². The number of nitrogens with one attached hydrogen (secondary N) is 1. The molecule has 1 aromatic heterocycles. The third-order valence-electron chi connectivity index (χ3n) is 4.61. The van der Waals surface area contributed by atoms with Crippen LogP contribution in [0.2, 0.25) is 0 Å². The largest absolute Gasteiger partial charge is 0.357 e. The first-order valence-corrected chi connectivity index (χ1v) is 7.91. The van der Waals surface area contributed by atoms with Crippen molar-refractivity contribution in [1.82, 2.24) is 9.88 Å². The number of pyridine rings is 1. The minimum absolute atomic E-state index is 0.183. The van der Waals surface area contributed by atoms with E-state index in [4.69, 9.17) is 0 Å². The van der Waals surface area contributed by atoms with E-state index < -0.39 is 5.82 Å². The van der Waals surface area contributed by atoms with Gasteiger partial charge < -0.3 is 4.98 Å². The Balaban J connectivity index is 1.59. The number of hydrogen-bond donors (Lipinski definition) is 1. The third-order valence-corrected chi connectivity index (χ3v) is 4.61. The van der Waals surface area contributed by atoms with Crippen molar-refractivity contribution in [3.63, 3.8) is 0 Å². The molecular weight excluding hydrogens is 310 g/mol. The minimum Gasteiger partial charge on any atom is -0.357 e. The first kappa shape index (κ1) is 15.0. The summed E-state index contributed by atoms with van der Waals surface area (Å²) in [5.41, 5.74) is 2.33. The standard InChI is InChI=1S/C19H16F2N2O/c20-13-3-1-12(2-4-13)18-7-8-23(18)11-15-10-19(24)16-9-14(21)5-6-17(16)22-15/h1-6,9-10,18H,7-8,11H2,(H,22,24). The van der Waals surface area contributed by atoms with Crippen LogP contribution in [0.15, 0.2) is 53.3 Å². The Hall–Kier alpha value is -2.53. The molecule has 1 aliphatic rings. The van der Waals surface area contributed by atoms with Crippen LogP contribution in [0.3, 0.4) is 0 Å². The van der Waals surface area contributed by atoms with Crippen molar-refractivity contribution in [2.75, 3.05) is 6.54 Å². The number of fused-ring (bicyclic) bond motifs is 1. The number of benzene rings is 2. The number of aromatic nitrogens is 1. The fourth-order valence-electron chi connectivity index (χ4n) is 3.27. The molecule has 0 saturated carbocycles. The van der Waals surface area contributed by atoms with Crippen molar-refractivity contribution in [2.24, 2.45) is 0 Å². The molecule has 0 radical (unpaired) electrons. The second-order valence-electron chi connectivity index (χ2n) is 6.18. The second kappa shape index (κ2) is 5.83.